The zero-order valence-corrected chi connectivity index (χ0v) is 15.9. The van der Waals surface area contributed by atoms with Crippen LogP contribution in [0.25, 0.3) is 11.0 Å². The Morgan fingerprint density at radius 2 is 1.79 bits per heavy atom. The summed E-state index contributed by atoms with van der Waals surface area (Å²) in [6.07, 6.45) is -2.84. The van der Waals surface area contributed by atoms with Crippen LogP contribution in [0.5, 0.6) is 0 Å². The summed E-state index contributed by atoms with van der Waals surface area (Å²) in [4.78, 5) is 25.2. The van der Waals surface area contributed by atoms with Crippen molar-refractivity contribution in [2.45, 2.75) is 57.3 Å². The molecule has 0 unspecified atom stereocenters. The molecule has 158 valence electrons. The molecule has 7 nitrogen and oxygen atoms in total. The molecule has 1 fully saturated rings. The first-order valence-electron chi connectivity index (χ1n) is 9.71. The van der Waals surface area contributed by atoms with Crippen LogP contribution >= 0.6 is 0 Å². The molecule has 29 heavy (non-hydrogen) atoms. The van der Waals surface area contributed by atoms with E-state index in [0.29, 0.717) is 13.0 Å². The molecule has 1 aliphatic carbocycles. The highest BCUT2D eigenvalue weighted by Gasteiger charge is 2.29. The number of amides is 2. The van der Waals surface area contributed by atoms with Crippen LogP contribution in [0, 0.1) is 5.92 Å². The Balaban J connectivity index is 1.40. The van der Waals surface area contributed by atoms with Crippen LogP contribution < -0.4 is 10.6 Å². The number of hydrogen-bond donors (Lipinski definition) is 2. The topological polar surface area (TPSA) is 88.9 Å². The number of hydrogen-bond acceptors (Lipinski definition) is 4. The fraction of sp³-hybridized carbons (Fsp3) is 0.579. The highest BCUT2D eigenvalue weighted by Crippen LogP contribution is 2.25. The zero-order valence-electron chi connectivity index (χ0n) is 15.9. The van der Waals surface area contributed by atoms with Crippen LogP contribution in [0.1, 0.15) is 38.5 Å². The van der Waals surface area contributed by atoms with Gasteiger partial charge >= 0.3 is 6.18 Å². The van der Waals surface area contributed by atoms with Gasteiger partial charge < -0.3 is 10.6 Å². The second-order valence-corrected chi connectivity index (χ2v) is 7.44. The van der Waals surface area contributed by atoms with Crippen LogP contribution in [0.15, 0.2) is 24.3 Å². The standard InChI is InChI=1S/C19H24F3N5O2/c20-19(21,22)9-8-17(28)24-14-5-3-4-13(10-14)11-23-18(29)12-27-25-15-6-1-2-7-16(15)26-27/h1-2,6-7,13-14H,3-5,8-12H2,(H,23,29)(H,24,28)/t13-,14+/m1/s1. The predicted octanol–water partition coefficient (Wildman–Crippen LogP) is 2.57. The minimum atomic E-state index is -4.33. The van der Waals surface area contributed by atoms with Crippen molar-refractivity contribution in [1.82, 2.24) is 25.6 Å². The van der Waals surface area contributed by atoms with Crippen molar-refractivity contribution in [2.75, 3.05) is 6.54 Å². The molecular weight excluding hydrogens is 387 g/mol. The Labute approximate surface area is 166 Å². The number of alkyl halides is 3. The van der Waals surface area contributed by atoms with Gasteiger partial charge in [0.25, 0.3) is 0 Å². The molecule has 1 aliphatic rings. The highest BCUT2D eigenvalue weighted by molar-refractivity contribution is 5.77. The van der Waals surface area contributed by atoms with Crippen molar-refractivity contribution >= 4 is 22.8 Å². The minimum absolute atomic E-state index is 0.0129. The van der Waals surface area contributed by atoms with E-state index in [4.69, 9.17) is 0 Å². The zero-order chi connectivity index (χ0) is 20.9. The number of benzene rings is 1. The maximum atomic E-state index is 12.2. The van der Waals surface area contributed by atoms with E-state index in [9.17, 15) is 22.8 Å². The fourth-order valence-electron chi connectivity index (χ4n) is 3.58. The van der Waals surface area contributed by atoms with Crippen molar-refractivity contribution < 1.29 is 22.8 Å². The van der Waals surface area contributed by atoms with Crippen LogP contribution in [-0.2, 0) is 16.1 Å². The van der Waals surface area contributed by atoms with E-state index in [-0.39, 0.29) is 24.4 Å². The third kappa shape index (κ3) is 6.72. The second-order valence-electron chi connectivity index (χ2n) is 7.44. The number of nitrogens with zero attached hydrogens (tertiary/aromatic N) is 3. The molecule has 0 spiro atoms. The van der Waals surface area contributed by atoms with Crippen molar-refractivity contribution in [3.63, 3.8) is 0 Å². The number of nitrogens with one attached hydrogen (secondary N) is 2. The number of carbonyl (C=O) groups excluding carboxylic acids is 2. The molecule has 0 bridgehead atoms. The quantitative estimate of drug-likeness (QED) is 0.733. The number of carbonyl (C=O) groups is 2. The van der Waals surface area contributed by atoms with Gasteiger partial charge in [-0.15, -0.1) is 0 Å². The Hall–Kier alpha value is -2.65. The molecule has 10 heteroatoms. The summed E-state index contributed by atoms with van der Waals surface area (Å²) in [5.74, 6) is -0.610. The summed E-state index contributed by atoms with van der Waals surface area (Å²) in [6.45, 7) is 0.466. The van der Waals surface area contributed by atoms with Crippen molar-refractivity contribution in [1.29, 1.82) is 0 Å². The lowest BCUT2D eigenvalue weighted by molar-refractivity contribution is -0.144. The fourth-order valence-corrected chi connectivity index (χ4v) is 3.58. The average Bonchev–Trinajstić information content (AvgIpc) is 3.07. The molecule has 0 radical (unpaired) electrons. The van der Waals surface area contributed by atoms with E-state index >= 15 is 0 Å². The van der Waals surface area contributed by atoms with Gasteiger partial charge in [-0.3, -0.25) is 9.59 Å². The van der Waals surface area contributed by atoms with Gasteiger partial charge in [-0.25, -0.2) is 0 Å². The number of fused-ring (bicyclic) bond motifs is 1. The van der Waals surface area contributed by atoms with Gasteiger partial charge in [0, 0.05) is 19.0 Å². The molecule has 2 N–H and O–H groups in total. The number of halogens is 3. The van der Waals surface area contributed by atoms with Crippen molar-refractivity contribution in [3.05, 3.63) is 24.3 Å². The molecule has 0 aliphatic heterocycles. The first-order chi connectivity index (χ1) is 13.8. The molecule has 1 heterocycles. The highest BCUT2D eigenvalue weighted by atomic mass is 19.4. The van der Waals surface area contributed by atoms with E-state index in [0.717, 1.165) is 30.3 Å². The third-order valence-electron chi connectivity index (χ3n) is 4.98. The SMILES string of the molecule is O=C(Cn1nc2ccccc2n1)NC[C@@H]1CCC[C@H](NC(=O)CCC(F)(F)F)C1. The van der Waals surface area contributed by atoms with E-state index < -0.39 is 24.9 Å². The summed E-state index contributed by atoms with van der Waals surface area (Å²) in [5, 5.41) is 14.0. The Bertz CT molecular complexity index is 819. The average molecular weight is 411 g/mol. The summed E-state index contributed by atoms with van der Waals surface area (Å²) in [6, 6.07) is 7.19. The molecular formula is C19H24F3N5O2. The lowest BCUT2D eigenvalue weighted by Gasteiger charge is -2.30. The van der Waals surface area contributed by atoms with E-state index in [1.165, 1.54) is 4.80 Å². The van der Waals surface area contributed by atoms with Crippen LogP contribution in [-0.4, -0.2) is 45.6 Å². The first-order valence-corrected chi connectivity index (χ1v) is 9.71. The minimum Gasteiger partial charge on any atom is -0.354 e. The molecule has 1 aromatic heterocycles. The number of rotatable bonds is 7. The maximum absolute atomic E-state index is 12.2. The van der Waals surface area contributed by atoms with Crippen LogP contribution in [0.2, 0.25) is 0 Å². The van der Waals surface area contributed by atoms with E-state index in [1.807, 2.05) is 24.3 Å². The summed E-state index contributed by atoms with van der Waals surface area (Å²) >= 11 is 0. The van der Waals surface area contributed by atoms with E-state index in [2.05, 4.69) is 20.8 Å². The van der Waals surface area contributed by atoms with Gasteiger partial charge in [-0.05, 0) is 37.3 Å². The largest absolute Gasteiger partial charge is 0.389 e. The molecule has 1 saturated carbocycles. The van der Waals surface area contributed by atoms with Crippen LogP contribution in [0.4, 0.5) is 13.2 Å². The van der Waals surface area contributed by atoms with E-state index in [1.54, 1.807) is 0 Å². The normalized spacial score (nSPS) is 19.8. The lowest BCUT2D eigenvalue weighted by Crippen LogP contribution is -2.41. The monoisotopic (exact) mass is 411 g/mol. The van der Waals surface area contributed by atoms with Gasteiger partial charge in [0.05, 0.1) is 6.42 Å². The van der Waals surface area contributed by atoms with Gasteiger partial charge in [0.1, 0.15) is 17.6 Å². The Kier molecular flexibility index (Phi) is 6.71. The third-order valence-corrected chi connectivity index (χ3v) is 4.98. The first kappa shape index (κ1) is 21.1. The van der Waals surface area contributed by atoms with Gasteiger partial charge in [0.15, 0.2) is 0 Å². The van der Waals surface area contributed by atoms with Crippen LogP contribution in [0.3, 0.4) is 0 Å². The van der Waals surface area contributed by atoms with Gasteiger partial charge in [0.2, 0.25) is 11.8 Å². The van der Waals surface area contributed by atoms with Crippen molar-refractivity contribution in [3.8, 4) is 0 Å². The van der Waals surface area contributed by atoms with Crippen molar-refractivity contribution in [2.24, 2.45) is 5.92 Å². The lowest BCUT2D eigenvalue weighted by atomic mass is 9.85. The number of aromatic nitrogens is 3. The molecule has 3 rings (SSSR count). The smallest absolute Gasteiger partial charge is 0.354 e. The van der Waals surface area contributed by atoms with Gasteiger partial charge in [-0.1, -0.05) is 18.6 Å². The molecule has 2 aromatic rings. The summed E-state index contributed by atoms with van der Waals surface area (Å²) in [5.41, 5.74) is 1.44. The maximum Gasteiger partial charge on any atom is 0.389 e. The Morgan fingerprint density at radius 3 is 2.45 bits per heavy atom. The summed E-state index contributed by atoms with van der Waals surface area (Å²) in [7, 11) is 0. The molecule has 2 atom stereocenters. The molecule has 1 aromatic carbocycles. The molecule has 2 amide bonds. The predicted molar refractivity (Wildman–Crippen MR) is 99.7 cm³/mol. The second kappa shape index (κ2) is 9.23. The molecule has 0 saturated heterocycles. The summed E-state index contributed by atoms with van der Waals surface area (Å²) < 4.78 is 36.7. The van der Waals surface area contributed by atoms with Gasteiger partial charge in [-0.2, -0.15) is 28.2 Å². The Morgan fingerprint density at radius 1 is 1.10 bits per heavy atom.